The van der Waals surface area contributed by atoms with Crippen molar-refractivity contribution < 1.29 is 22.9 Å². The Balaban J connectivity index is 1.49. The van der Waals surface area contributed by atoms with Gasteiger partial charge in [0.05, 0.1) is 21.8 Å². The third-order valence-electron chi connectivity index (χ3n) is 7.48. The second kappa shape index (κ2) is 11.3. The molecule has 0 bridgehead atoms. The highest BCUT2D eigenvalue weighted by molar-refractivity contribution is 7.82. The average molecular weight is 593 g/mol. The van der Waals surface area contributed by atoms with E-state index >= 15 is 0 Å². The molecule has 210 valence electrons. The average Bonchev–Trinajstić information content (AvgIpc) is 3.30. The lowest BCUT2D eigenvalue weighted by molar-refractivity contribution is 0.0691. The molecule has 6 rings (SSSR count). The second-order valence-electron chi connectivity index (χ2n) is 10.4. The van der Waals surface area contributed by atoms with Crippen molar-refractivity contribution in [2.75, 3.05) is 0 Å². The number of hydrogen-bond donors (Lipinski definition) is 2. The van der Waals surface area contributed by atoms with Gasteiger partial charge in [0.2, 0.25) is 5.13 Å². The summed E-state index contributed by atoms with van der Waals surface area (Å²) in [6.45, 7) is 0. The van der Waals surface area contributed by atoms with Gasteiger partial charge in [-0.2, -0.15) is 5.10 Å². The van der Waals surface area contributed by atoms with Gasteiger partial charge < -0.3 is 5.11 Å². The van der Waals surface area contributed by atoms with E-state index in [0.29, 0.717) is 22.0 Å². The number of carbonyl (C=O) groups is 1. The summed E-state index contributed by atoms with van der Waals surface area (Å²) in [4.78, 5) is 15.7. The van der Waals surface area contributed by atoms with Gasteiger partial charge in [0.25, 0.3) is 0 Å². The molecule has 2 aliphatic carbocycles. The van der Waals surface area contributed by atoms with Crippen LogP contribution in [0.5, 0.6) is 0 Å². The number of rotatable bonds is 7. The Hall–Kier alpha value is -3.72. The topological polar surface area (TPSA) is 111 Å². The van der Waals surface area contributed by atoms with Gasteiger partial charge in [-0.05, 0) is 61.6 Å². The summed E-state index contributed by atoms with van der Waals surface area (Å²) in [5.74, 6) is 4.47. The van der Waals surface area contributed by atoms with Crippen molar-refractivity contribution >= 4 is 28.3 Å². The number of aromatic carboxylic acids is 1. The van der Waals surface area contributed by atoms with Crippen LogP contribution in [0.4, 0.5) is 8.78 Å². The number of nitrogens with zero attached hydrogens (tertiary/aromatic N) is 3. The Morgan fingerprint density at radius 3 is 2.56 bits per heavy atom. The highest BCUT2D eigenvalue weighted by atomic mass is 32.2. The number of thiazole rings is 1. The van der Waals surface area contributed by atoms with Crippen LogP contribution in [-0.2, 0) is 17.4 Å². The van der Waals surface area contributed by atoms with E-state index in [1.165, 1.54) is 34.9 Å². The molecule has 7 nitrogen and oxygen atoms in total. The highest BCUT2D eigenvalue weighted by Crippen LogP contribution is 2.46. The first kappa shape index (κ1) is 27.4. The molecule has 2 aliphatic rings. The molecule has 0 spiro atoms. The quantitative estimate of drug-likeness (QED) is 0.257. The zero-order valence-electron chi connectivity index (χ0n) is 21.9. The predicted molar refractivity (Wildman–Crippen MR) is 152 cm³/mol. The van der Waals surface area contributed by atoms with Crippen molar-refractivity contribution in [3.63, 3.8) is 0 Å². The van der Waals surface area contributed by atoms with Crippen molar-refractivity contribution in [2.24, 2.45) is 11.1 Å². The maximum Gasteiger partial charge on any atom is 0.355 e. The minimum atomic E-state index is -1.96. The maximum absolute atomic E-state index is 14.9. The molecule has 3 N–H and O–H groups in total. The van der Waals surface area contributed by atoms with E-state index in [0.717, 1.165) is 49.8 Å². The summed E-state index contributed by atoms with van der Waals surface area (Å²) in [7, 11) is -1.96. The zero-order valence-corrected chi connectivity index (χ0v) is 23.5. The van der Waals surface area contributed by atoms with Gasteiger partial charge in [0, 0.05) is 34.8 Å². The highest BCUT2D eigenvalue weighted by Gasteiger charge is 2.34. The monoisotopic (exact) mass is 592 g/mol. The first-order valence-corrected chi connectivity index (χ1v) is 15.4. The first-order chi connectivity index (χ1) is 19.8. The zero-order chi connectivity index (χ0) is 28.7. The maximum atomic E-state index is 14.9. The van der Waals surface area contributed by atoms with E-state index in [1.54, 1.807) is 22.9 Å². The van der Waals surface area contributed by atoms with E-state index in [-0.39, 0.29) is 34.4 Å². The van der Waals surface area contributed by atoms with Gasteiger partial charge in [-0.25, -0.2) is 32.6 Å². The number of halogens is 2. The standard InChI is InChI=1S/C30H26F2N4O3S2/c31-23-11-10-21(15-20(23)7-5-17-3-1-2-4-17)27-22(13-18-6-12-26(41(33)39)24(32)14-18)28(19-8-9-19)36(35-27)30-34-25(16-40-30)29(37)38/h6,10-12,14-17,19H,1-4,8-9,13,33H2,(H,37,38). The number of carboxylic acids is 1. The summed E-state index contributed by atoms with van der Waals surface area (Å²) < 4.78 is 42.9. The van der Waals surface area contributed by atoms with Gasteiger partial charge in [-0.1, -0.05) is 30.7 Å². The second-order valence-corrected chi connectivity index (χ2v) is 12.3. The van der Waals surface area contributed by atoms with E-state index in [1.807, 2.05) is 0 Å². The van der Waals surface area contributed by atoms with Crippen LogP contribution in [-0.4, -0.2) is 30.0 Å². The van der Waals surface area contributed by atoms with E-state index in [4.69, 9.17) is 10.2 Å². The van der Waals surface area contributed by atoms with E-state index < -0.39 is 28.6 Å². The smallest absolute Gasteiger partial charge is 0.355 e. The number of nitrogens with two attached hydrogens (primary N) is 1. The third kappa shape index (κ3) is 5.73. The summed E-state index contributed by atoms with van der Waals surface area (Å²) in [5.41, 5.74) is 3.70. The van der Waals surface area contributed by atoms with Gasteiger partial charge in [-0.15, -0.1) is 11.3 Å². The minimum Gasteiger partial charge on any atom is -0.476 e. The molecule has 0 amide bonds. The van der Waals surface area contributed by atoms with Crippen molar-refractivity contribution in [1.82, 2.24) is 14.8 Å². The summed E-state index contributed by atoms with van der Waals surface area (Å²) in [5, 5.41) is 21.6. The van der Waals surface area contributed by atoms with Crippen molar-refractivity contribution in [2.45, 2.75) is 55.8 Å². The Labute approximate surface area is 242 Å². The van der Waals surface area contributed by atoms with Crippen LogP contribution < -0.4 is 5.14 Å². The summed E-state index contributed by atoms with van der Waals surface area (Å²) in [6.07, 6.45) is 6.42. The lowest BCUT2D eigenvalue weighted by Crippen LogP contribution is -2.06. The van der Waals surface area contributed by atoms with Gasteiger partial charge in [0.1, 0.15) is 22.6 Å². The fourth-order valence-electron chi connectivity index (χ4n) is 5.29. The molecule has 2 saturated carbocycles. The molecule has 0 saturated heterocycles. The van der Waals surface area contributed by atoms with Gasteiger partial charge >= 0.3 is 5.97 Å². The number of carboxylic acid groups (broad SMARTS) is 1. The molecule has 2 heterocycles. The van der Waals surface area contributed by atoms with Crippen LogP contribution in [0.1, 0.15) is 77.3 Å². The van der Waals surface area contributed by atoms with Crippen LogP contribution in [0.2, 0.25) is 0 Å². The number of aromatic nitrogens is 3. The van der Waals surface area contributed by atoms with E-state index in [9.17, 15) is 22.9 Å². The Bertz CT molecular complexity index is 1740. The van der Waals surface area contributed by atoms with Crippen LogP contribution in [0.25, 0.3) is 16.4 Å². The fraction of sp³-hybridized carbons (Fsp3) is 0.300. The third-order valence-corrected chi connectivity index (χ3v) is 9.06. The van der Waals surface area contributed by atoms with Crippen LogP contribution in [0.3, 0.4) is 0 Å². The van der Waals surface area contributed by atoms with Crippen LogP contribution >= 0.6 is 11.3 Å². The van der Waals surface area contributed by atoms with E-state index in [2.05, 4.69) is 16.8 Å². The van der Waals surface area contributed by atoms with Crippen molar-refractivity contribution in [1.29, 1.82) is 0 Å². The number of benzene rings is 2. The number of hydrogen-bond acceptors (Lipinski definition) is 5. The minimum absolute atomic E-state index is 0.0796. The molecule has 1 atom stereocenters. The lowest BCUT2D eigenvalue weighted by Gasteiger charge is -2.09. The molecule has 0 radical (unpaired) electrons. The molecule has 4 aromatic rings. The molecule has 11 heteroatoms. The Morgan fingerprint density at radius 1 is 1.12 bits per heavy atom. The molecule has 41 heavy (non-hydrogen) atoms. The normalized spacial score (nSPS) is 16.0. The summed E-state index contributed by atoms with van der Waals surface area (Å²) >= 11 is 1.17. The lowest BCUT2D eigenvalue weighted by atomic mass is 9.96. The summed E-state index contributed by atoms with van der Waals surface area (Å²) in [6, 6.07) is 9.12. The molecule has 2 fully saturated rings. The predicted octanol–water partition coefficient (Wildman–Crippen LogP) is 5.96. The molecule has 1 unspecified atom stereocenters. The fourth-order valence-corrected chi connectivity index (χ4v) is 6.51. The van der Waals surface area contributed by atoms with Gasteiger partial charge in [0.15, 0.2) is 5.69 Å². The first-order valence-electron chi connectivity index (χ1n) is 13.4. The SMILES string of the molecule is NS(=O)c1ccc(Cc2c(-c3ccc(F)c(C#CC4CCCC4)c3)nn(-c3nc(C(=O)O)cs3)c2C2CC2)cc1F. The molecule has 2 aromatic carbocycles. The van der Waals surface area contributed by atoms with Crippen molar-refractivity contribution in [3.05, 3.63) is 81.5 Å². The van der Waals surface area contributed by atoms with Crippen LogP contribution in [0, 0.1) is 29.4 Å². The Kier molecular flexibility index (Phi) is 7.55. The van der Waals surface area contributed by atoms with Crippen molar-refractivity contribution in [3.8, 4) is 28.2 Å². The largest absolute Gasteiger partial charge is 0.476 e. The van der Waals surface area contributed by atoms with Crippen LogP contribution in [0.15, 0.2) is 46.7 Å². The molecular weight excluding hydrogens is 566 g/mol. The molecule has 2 aromatic heterocycles. The molecular formula is C30H26F2N4O3S2. The van der Waals surface area contributed by atoms with Gasteiger partial charge in [-0.3, -0.25) is 0 Å². The Morgan fingerprint density at radius 2 is 1.90 bits per heavy atom. The molecule has 0 aliphatic heterocycles.